The molecule has 94 valence electrons. The lowest BCUT2D eigenvalue weighted by Crippen LogP contribution is -2.28. The number of carbonyl (C=O) groups is 1. The van der Waals surface area contributed by atoms with Gasteiger partial charge in [0, 0.05) is 12.0 Å². The third kappa shape index (κ3) is 7.31. The summed E-state index contributed by atoms with van der Waals surface area (Å²) >= 11 is 0. The maximum atomic E-state index is 11.9. The standard InChI is InChI=1S/C11H17F3O2/c1-8(2)9(15)16-10(3,4)6-5-7-11(12,13)14/h1,5-7H2,2-4H3. The highest BCUT2D eigenvalue weighted by molar-refractivity contribution is 5.87. The smallest absolute Gasteiger partial charge is 0.389 e. The first-order valence-electron chi connectivity index (χ1n) is 4.99. The summed E-state index contributed by atoms with van der Waals surface area (Å²) in [6.45, 7) is 8.07. The zero-order valence-electron chi connectivity index (χ0n) is 9.78. The van der Waals surface area contributed by atoms with Crippen molar-refractivity contribution in [2.24, 2.45) is 0 Å². The van der Waals surface area contributed by atoms with Crippen molar-refractivity contribution in [2.75, 3.05) is 0 Å². The van der Waals surface area contributed by atoms with Crippen LogP contribution in [-0.2, 0) is 9.53 Å². The van der Waals surface area contributed by atoms with Gasteiger partial charge in [-0.1, -0.05) is 6.58 Å². The predicted molar refractivity (Wildman–Crippen MR) is 54.9 cm³/mol. The molecular weight excluding hydrogens is 221 g/mol. The number of carbonyl (C=O) groups excluding carboxylic acids is 1. The van der Waals surface area contributed by atoms with Crippen molar-refractivity contribution in [1.29, 1.82) is 0 Å². The number of hydrogen-bond donors (Lipinski definition) is 0. The van der Waals surface area contributed by atoms with Crippen LogP contribution < -0.4 is 0 Å². The summed E-state index contributed by atoms with van der Waals surface area (Å²) in [5.41, 5.74) is -0.648. The molecule has 0 heterocycles. The fourth-order valence-electron chi connectivity index (χ4n) is 1.10. The van der Waals surface area contributed by atoms with Crippen molar-refractivity contribution in [3.63, 3.8) is 0 Å². The van der Waals surface area contributed by atoms with Crippen LogP contribution >= 0.6 is 0 Å². The lowest BCUT2D eigenvalue weighted by atomic mass is 10.0. The molecule has 0 aromatic heterocycles. The molecule has 0 aliphatic heterocycles. The zero-order chi connectivity index (χ0) is 13.0. The van der Waals surface area contributed by atoms with Crippen LogP contribution in [0.2, 0.25) is 0 Å². The van der Waals surface area contributed by atoms with Gasteiger partial charge in [0.05, 0.1) is 0 Å². The molecule has 0 amide bonds. The molecule has 0 aliphatic carbocycles. The molecule has 0 fully saturated rings. The third-order valence-corrected chi connectivity index (χ3v) is 1.96. The Kier molecular flexibility index (Phi) is 5.03. The van der Waals surface area contributed by atoms with Gasteiger partial charge in [0.15, 0.2) is 0 Å². The van der Waals surface area contributed by atoms with Crippen molar-refractivity contribution in [2.45, 2.75) is 51.8 Å². The number of alkyl halides is 3. The zero-order valence-corrected chi connectivity index (χ0v) is 9.78. The average Bonchev–Trinajstić information content (AvgIpc) is 1.99. The van der Waals surface area contributed by atoms with Crippen molar-refractivity contribution < 1.29 is 22.7 Å². The van der Waals surface area contributed by atoms with E-state index >= 15 is 0 Å². The van der Waals surface area contributed by atoms with Crippen LogP contribution in [-0.4, -0.2) is 17.7 Å². The van der Waals surface area contributed by atoms with Crippen LogP contribution in [0.15, 0.2) is 12.2 Å². The lowest BCUT2D eigenvalue weighted by Gasteiger charge is -2.25. The highest BCUT2D eigenvalue weighted by atomic mass is 19.4. The number of halogens is 3. The lowest BCUT2D eigenvalue weighted by molar-refractivity contribution is -0.154. The molecule has 0 aromatic rings. The van der Waals surface area contributed by atoms with E-state index in [4.69, 9.17) is 4.74 Å². The normalized spacial score (nSPS) is 12.4. The van der Waals surface area contributed by atoms with Gasteiger partial charge in [-0.25, -0.2) is 4.79 Å². The van der Waals surface area contributed by atoms with E-state index in [2.05, 4.69) is 6.58 Å². The summed E-state index contributed by atoms with van der Waals surface area (Å²) in [5, 5.41) is 0. The molecule has 0 bridgehead atoms. The molecular formula is C11H17F3O2. The third-order valence-electron chi connectivity index (χ3n) is 1.96. The summed E-state index contributed by atoms with van der Waals surface area (Å²) in [5.74, 6) is -0.572. The minimum atomic E-state index is -4.16. The molecule has 0 aromatic carbocycles. The minimum Gasteiger partial charge on any atom is -0.456 e. The molecule has 0 radical (unpaired) electrons. The average molecular weight is 238 g/mol. The molecule has 0 spiro atoms. The van der Waals surface area contributed by atoms with E-state index in [0.29, 0.717) is 0 Å². The largest absolute Gasteiger partial charge is 0.456 e. The van der Waals surface area contributed by atoms with Crippen molar-refractivity contribution in [1.82, 2.24) is 0 Å². The van der Waals surface area contributed by atoms with Gasteiger partial charge in [-0.3, -0.25) is 0 Å². The number of rotatable bonds is 5. The Balaban J connectivity index is 4.06. The van der Waals surface area contributed by atoms with Gasteiger partial charge in [-0.15, -0.1) is 0 Å². The van der Waals surface area contributed by atoms with Crippen LogP contribution in [0.1, 0.15) is 40.0 Å². The van der Waals surface area contributed by atoms with Crippen LogP contribution in [0.25, 0.3) is 0 Å². The topological polar surface area (TPSA) is 26.3 Å². The molecule has 0 unspecified atom stereocenters. The quantitative estimate of drug-likeness (QED) is 0.540. The highest BCUT2D eigenvalue weighted by Gasteiger charge is 2.29. The molecule has 0 atom stereocenters. The SMILES string of the molecule is C=C(C)C(=O)OC(C)(C)CCCC(F)(F)F. The first-order valence-corrected chi connectivity index (χ1v) is 4.99. The minimum absolute atomic E-state index is 0.0556. The van der Waals surface area contributed by atoms with E-state index in [-0.39, 0.29) is 18.4 Å². The van der Waals surface area contributed by atoms with Crippen LogP contribution in [0, 0.1) is 0 Å². The summed E-state index contributed by atoms with van der Waals surface area (Å²) in [6, 6.07) is 0. The van der Waals surface area contributed by atoms with E-state index in [1.165, 1.54) is 6.92 Å². The second kappa shape index (κ2) is 5.37. The van der Waals surface area contributed by atoms with Gasteiger partial charge in [-0.05, 0) is 33.6 Å². The molecule has 0 rings (SSSR count). The van der Waals surface area contributed by atoms with E-state index in [0.717, 1.165) is 0 Å². The van der Waals surface area contributed by atoms with Gasteiger partial charge in [0.1, 0.15) is 5.60 Å². The van der Waals surface area contributed by atoms with Crippen molar-refractivity contribution in [3.8, 4) is 0 Å². The van der Waals surface area contributed by atoms with Crippen LogP contribution in [0.4, 0.5) is 13.2 Å². The number of esters is 1. The Morgan fingerprint density at radius 1 is 1.25 bits per heavy atom. The van der Waals surface area contributed by atoms with Gasteiger partial charge in [0.25, 0.3) is 0 Å². The first kappa shape index (κ1) is 15.0. The van der Waals surface area contributed by atoms with Crippen LogP contribution in [0.5, 0.6) is 0 Å². The summed E-state index contributed by atoms with van der Waals surface area (Å²) < 4.78 is 40.7. The predicted octanol–water partition coefficient (Wildman–Crippen LogP) is 3.62. The van der Waals surface area contributed by atoms with E-state index in [1.807, 2.05) is 0 Å². The van der Waals surface area contributed by atoms with Crippen molar-refractivity contribution in [3.05, 3.63) is 12.2 Å². The van der Waals surface area contributed by atoms with E-state index in [9.17, 15) is 18.0 Å². The van der Waals surface area contributed by atoms with E-state index in [1.54, 1.807) is 13.8 Å². The first-order chi connectivity index (χ1) is 7.03. The fourth-order valence-corrected chi connectivity index (χ4v) is 1.10. The van der Waals surface area contributed by atoms with Gasteiger partial charge in [-0.2, -0.15) is 13.2 Å². The molecule has 0 saturated carbocycles. The molecule has 0 N–H and O–H groups in total. The summed E-state index contributed by atoms with van der Waals surface area (Å²) in [6.07, 6.45) is -4.90. The Labute approximate surface area is 93.5 Å². The molecule has 0 saturated heterocycles. The van der Waals surface area contributed by atoms with Gasteiger partial charge in [0.2, 0.25) is 0 Å². The summed E-state index contributed by atoms with van der Waals surface area (Å²) in [4.78, 5) is 11.2. The Morgan fingerprint density at radius 2 is 1.75 bits per heavy atom. The molecule has 0 aliphatic rings. The van der Waals surface area contributed by atoms with E-state index < -0.39 is 24.2 Å². The van der Waals surface area contributed by atoms with Crippen LogP contribution in [0.3, 0.4) is 0 Å². The number of ether oxygens (including phenoxy) is 1. The second-order valence-corrected chi connectivity index (χ2v) is 4.40. The van der Waals surface area contributed by atoms with Crippen molar-refractivity contribution >= 4 is 5.97 Å². The summed E-state index contributed by atoms with van der Waals surface area (Å²) in [7, 11) is 0. The molecule has 2 nitrogen and oxygen atoms in total. The Hall–Kier alpha value is -1.00. The maximum Gasteiger partial charge on any atom is 0.389 e. The Bertz CT molecular complexity index is 267. The van der Waals surface area contributed by atoms with Gasteiger partial charge >= 0.3 is 12.1 Å². The fraction of sp³-hybridized carbons (Fsp3) is 0.727. The number of hydrogen-bond acceptors (Lipinski definition) is 2. The molecule has 5 heteroatoms. The second-order valence-electron chi connectivity index (χ2n) is 4.40. The van der Waals surface area contributed by atoms with Gasteiger partial charge < -0.3 is 4.74 Å². The monoisotopic (exact) mass is 238 g/mol. The molecule has 16 heavy (non-hydrogen) atoms. The Morgan fingerprint density at radius 3 is 2.12 bits per heavy atom. The highest BCUT2D eigenvalue weighted by Crippen LogP contribution is 2.26. The maximum absolute atomic E-state index is 11.9.